The second-order valence-electron chi connectivity index (χ2n) is 4.62. The maximum absolute atomic E-state index is 12.3. The van der Waals surface area contributed by atoms with E-state index >= 15 is 0 Å². The molecule has 6 heteroatoms. The van der Waals surface area contributed by atoms with Crippen LogP contribution in [0.5, 0.6) is 0 Å². The molecule has 2 N–H and O–H groups in total. The molecule has 1 aromatic heterocycles. The smallest absolute Gasteiger partial charge is 0.248 e. The fraction of sp³-hybridized carbons (Fsp3) is 0.308. The summed E-state index contributed by atoms with van der Waals surface area (Å²) in [4.78, 5) is 14.2. The molecule has 0 atom stereocenters. The van der Waals surface area contributed by atoms with Crippen molar-refractivity contribution in [1.82, 2.24) is 15.0 Å². The Labute approximate surface area is 110 Å². The first-order chi connectivity index (χ1) is 9.24. The molecule has 3 rings (SSSR count). The van der Waals surface area contributed by atoms with E-state index in [0.29, 0.717) is 5.82 Å². The van der Waals surface area contributed by atoms with E-state index in [-0.39, 0.29) is 12.5 Å². The van der Waals surface area contributed by atoms with Gasteiger partial charge in [-0.2, -0.15) is 0 Å². The van der Waals surface area contributed by atoms with Gasteiger partial charge in [-0.05, 0) is 24.5 Å². The van der Waals surface area contributed by atoms with Gasteiger partial charge in [-0.15, -0.1) is 5.10 Å². The van der Waals surface area contributed by atoms with E-state index in [2.05, 4.69) is 16.4 Å². The highest BCUT2D eigenvalue weighted by Gasteiger charge is 2.22. The largest absolute Gasteiger partial charge is 0.381 e. The zero-order chi connectivity index (χ0) is 13.2. The van der Waals surface area contributed by atoms with Gasteiger partial charge < -0.3 is 10.6 Å². The van der Waals surface area contributed by atoms with Crippen LogP contribution in [0, 0.1) is 0 Å². The highest BCUT2D eigenvalue weighted by molar-refractivity contribution is 5.94. The van der Waals surface area contributed by atoms with E-state index < -0.39 is 0 Å². The van der Waals surface area contributed by atoms with E-state index in [1.165, 1.54) is 10.2 Å². The first-order valence-electron chi connectivity index (χ1n) is 6.28. The van der Waals surface area contributed by atoms with E-state index in [0.717, 1.165) is 25.1 Å². The van der Waals surface area contributed by atoms with Gasteiger partial charge in [-0.3, -0.25) is 4.79 Å². The Bertz CT molecular complexity index is 607. The second kappa shape index (κ2) is 4.72. The fourth-order valence-electron chi connectivity index (χ4n) is 2.41. The number of nitrogen functional groups attached to an aromatic ring is 1. The van der Waals surface area contributed by atoms with Gasteiger partial charge in [0.25, 0.3) is 0 Å². The molecule has 0 fully saturated rings. The second-order valence-corrected chi connectivity index (χ2v) is 4.62. The Morgan fingerprint density at radius 3 is 3.00 bits per heavy atom. The summed E-state index contributed by atoms with van der Waals surface area (Å²) >= 11 is 0. The fourth-order valence-corrected chi connectivity index (χ4v) is 2.41. The lowest BCUT2D eigenvalue weighted by atomic mass is 10.0. The van der Waals surface area contributed by atoms with Crippen LogP contribution in [0.15, 0.2) is 30.5 Å². The number of hydrogen-bond donors (Lipinski definition) is 1. The van der Waals surface area contributed by atoms with Gasteiger partial charge in [0.05, 0.1) is 6.20 Å². The number of benzene rings is 1. The van der Waals surface area contributed by atoms with Crippen molar-refractivity contribution in [2.45, 2.75) is 19.4 Å². The van der Waals surface area contributed by atoms with Crippen LogP contribution in [0.1, 0.15) is 12.0 Å². The molecule has 1 aliphatic rings. The number of anilines is 2. The molecule has 98 valence electrons. The Morgan fingerprint density at radius 2 is 2.21 bits per heavy atom. The van der Waals surface area contributed by atoms with Crippen molar-refractivity contribution in [3.8, 4) is 0 Å². The predicted octanol–water partition coefficient (Wildman–Crippen LogP) is 0.840. The number of nitrogens with zero attached hydrogens (tertiary/aromatic N) is 4. The van der Waals surface area contributed by atoms with Crippen molar-refractivity contribution in [1.29, 1.82) is 0 Å². The third-order valence-corrected chi connectivity index (χ3v) is 3.26. The van der Waals surface area contributed by atoms with Gasteiger partial charge in [0, 0.05) is 12.2 Å². The monoisotopic (exact) mass is 257 g/mol. The molecule has 1 aromatic carbocycles. The number of rotatable bonds is 2. The van der Waals surface area contributed by atoms with E-state index in [4.69, 9.17) is 5.73 Å². The molecule has 0 unspecified atom stereocenters. The van der Waals surface area contributed by atoms with Gasteiger partial charge in [-0.25, -0.2) is 4.68 Å². The highest BCUT2D eigenvalue weighted by Crippen LogP contribution is 2.26. The van der Waals surface area contributed by atoms with E-state index in [1.54, 1.807) is 6.20 Å². The highest BCUT2D eigenvalue weighted by atomic mass is 16.2. The van der Waals surface area contributed by atoms with Crippen molar-refractivity contribution in [2.75, 3.05) is 17.2 Å². The van der Waals surface area contributed by atoms with Gasteiger partial charge in [0.15, 0.2) is 5.82 Å². The van der Waals surface area contributed by atoms with Crippen LogP contribution in [0.4, 0.5) is 11.5 Å². The lowest BCUT2D eigenvalue weighted by Crippen LogP contribution is -2.37. The molecule has 19 heavy (non-hydrogen) atoms. The zero-order valence-electron chi connectivity index (χ0n) is 10.5. The number of fused-ring (bicyclic) bond motifs is 1. The van der Waals surface area contributed by atoms with Crippen LogP contribution in [-0.2, 0) is 17.8 Å². The molecule has 6 nitrogen and oxygen atoms in total. The van der Waals surface area contributed by atoms with Crippen molar-refractivity contribution >= 4 is 17.4 Å². The summed E-state index contributed by atoms with van der Waals surface area (Å²) in [6, 6.07) is 8.02. The third kappa shape index (κ3) is 2.29. The van der Waals surface area contributed by atoms with Crippen LogP contribution in [0.3, 0.4) is 0 Å². The summed E-state index contributed by atoms with van der Waals surface area (Å²) in [6.07, 6.45) is 3.58. The minimum atomic E-state index is 0.0112. The SMILES string of the molecule is Nc1cn(CC(=O)N2CCCc3ccccc32)nn1. The minimum absolute atomic E-state index is 0.0112. The summed E-state index contributed by atoms with van der Waals surface area (Å²) in [5.41, 5.74) is 7.72. The lowest BCUT2D eigenvalue weighted by Gasteiger charge is -2.29. The first kappa shape index (κ1) is 11.7. The lowest BCUT2D eigenvalue weighted by molar-refractivity contribution is -0.119. The van der Waals surface area contributed by atoms with E-state index in [9.17, 15) is 4.79 Å². The molecule has 2 aromatic rings. The average molecular weight is 257 g/mol. The predicted molar refractivity (Wildman–Crippen MR) is 71.6 cm³/mol. The summed E-state index contributed by atoms with van der Waals surface area (Å²) in [6.45, 7) is 0.915. The summed E-state index contributed by atoms with van der Waals surface area (Å²) in [7, 11) is 0. The Hall–Kier alpha value is -2.37. The molecule has 0 saturated heterocycles. The summed E-state index contributed by atoms with van der Waals surface area (Å²) < 4.78 is 1.47. The van der Waals surface area contributed by atoms with Crippen molar-refractivity contribution in [2.24, 2.45) is 0 Å². The number of para-hydroxylation sites is 1. The number of aromatic nitrogens is 3. The Balaban J connectivity index is 1.81. The van der Waals surface area contributed by atoms with Gasteiger partial charge in [0.1, 0.15) is 6.54 Å². The molecule has 0 spiro atoms. The van der Waals surface area contributed by atoms with Crippen LogP contribution in [-0.4, -0.2) is 27.4 Å². The van der Waals surface area contributed by atoms with Crippen LogP contribution in [0.25, 0.3) is 0 Å². The Morgan fingerprint density at radius 1 is 1.37 bits per heavy atom. The molecule has 1 aliphatic heterocycles. The zero-order valence-corrected chi connectivity index (χ0v) is 10.5. The van der Waals surface area contributed by atoms with Crippen LogP contribution >= 0.6 is 0 Å². The average Bonchev–Trinajstić information content (AvgIpc) is 2.83. The molecular formula is C13H15N5O. The first-order valence-corrected chi connectivity index (χ1v) is 6.28. The van der Waals surface area contributed by atoms with Crippen LogP contribution < -0.4 is 10.6 Å². The molecule has 0 radical (unpaired) electrons. The standard InChI is InChI=1S/C13H15N5O/c14-12-8-17(16-15-12)9-13(19)18-7-3-5-10-4-1-2-6-11(10)18/h1-2,4,6,8H,3,5,7,9,14H2. The van der Waals surface area contributed by atoms with Crippen molar-refractivity contribution in [3.63, 3.8) is 0 Å². The Kier molecular flexibility index (Phi) is 2.91. The normalized spacial score (nSPS) is 14.2. The molecular weight excluding hydrogens is 242 g/mol. The topological polar surface area (TPSA) is 77.0 Å². The minimum Gasteiger partial charge on any atom is -0.381 e. The maximum Gasteiger partial charge on any atom is 0.248 e. The van der Waals surface area contributed by atoms with E-state index in [1.807, 2.05) is 23.1 Å². The number of carbonyl (C=O) groups excluding carboxylic acids is 1. The van der Waals surface area contributed by atoms with Gasteiger partial charge in [0.2, 0.25) is 5.91 Å². The molecule has 1 amide bonds. The van der Waals surface area contributed by atoms with Crippen molar-refractivity contribution in [3.05, 3.63) is 36.0 Å². The van der Waals surface area contributed by atoms with Gasteiger partial charge >= 0.3 is 0 Å². The quantitative estimate of drug-likeness (QED) is 0.864. The number of aryl methyl sites for hydroxylation is 1. The summed E-state index contributed by atoms with van der Waals surface area (Å²) in [5.74, 6) is 0.337. The molecule has 0 saturated carbocycles. The number of carbonyl (C=O) groups is 1. The molecule has 0 aliphatic carbocycles. The number of amides is 1. The third-order valence-electron chi connectivity index (χ3n) is 3.26. The maximum atomic E-state index is 12.3. The number of nitrogens with two attached hydrogens (primary N) is 1. The van der Waals surface area contributed by atoms with Crippen molar-refractivity contribution < 1.29 is 4.79 Å². The molecule has 0 bridgehead atoms. The van der Waals surface area contributed by atoms with Crippen LogP contribution in [0.2, 0.25) is 0 Å². The van der Waals surface area contributed by atoms with Gasteiger partial charge in [-0.1, -0.05) is 23.4 Å². The summed E-state index contributed by atoms with van der Waals surface area (Å²) in [5, 5.41) is 7.48. The molecule has 2 heterocycles. The number of hydrogen-bond acceptors (Lipinski definition) is 4.